The summed E-state index contributed by atoms with van der Waals surface area (Å²) in [6.45, 7) is 3.97. The number of hydrogen-bond acceptors (Lipinski definition) is 3. The van der Waals surface area contributed by atoms with Crippen LogP contribution < -0.4 is 0 Å². The van der Waals surface area contributed by atoms with Crippen molar-refractivity contribution in [3.8, 4) is 0 Å². The highest BCUT2D eigenvalue weighted by Crippen LogP contribution is 2.14. The molecular weight excluding hydrogens is 262 g/mol. The molecule has 0 aliphatic rings. The summed E-state index contributed by atoms with van der Waals surface area (Å²) in [6.07, 6.45) is 6.30. The molecule has 0 aliphatic carbocycles. The van der Waals surface area contributed by atoms with E-state index in [0.29, 0.717) is 12.2 Å². The van der Waals surface area contributed by atoms with Gasteiger partial charge in [-0.3, -0.25) is 4.98 Å². The highest BCUT2D eigenvalue weighted by molar-refractivity contribution is 5.93. The van der Waals surface area contributed by atoms with Crippen LogP contribution in [0.2, 0.25) is 0 Å². The first kappa shape index (κ1) is 15.0. The zero-order valence-corrected chi connectivity index (χ0v) is 12.4. The lowest BCUT2D eigenvalue weighted by Gasteiger charge is -2.05. The average Bonchev–Trinajstić information content (AvgIpc) is 2.49. The highest BCUT2D eigenvalue weighted by atomic mass is 16.5. The van der Waals surface area contributed by atoms with Gasteiger partial charge in [-0.05, 0) is 55.2 Å². The normalized spacial score (nSPS) is 11.2. The molecule has 0 aliphatic heterocycles. The van der Waals surface area contributed by atoms with Gasteiger partial charge in [-0.25, -0.2) is 4.79 Å². The molecule has 108 valence electrons. The standard InChI is InChI=1S/C18H19NO2/c1-3-21-18(20)14(2)11-16-5-4-6-17(13-16)12-15-7-9-19-10-8-15/h4-11,13H,3,12H2,1-2H3. The number of rotatable bonds is 5. The summed E-state index contributed by atoms with van der Waals surface area (Å²) in [7, 11) is 0. The number of aromatic nitrogens is 1. The Balaban J connectivity index is 2.14. The molecule has 0 N–H and O–H groups in total. The number of nitrogens with zero attached hydrogens (tertiary/aromatic N) is 1. The summed E-state index contributed by atoms with van der Waals surface area (Å²) in [5, 5.41) is 0. The van der Waals surface area contributed by atoms with Gasteiger partial charge in [-0.2, -0.15) is 0 Å². The first-order valence-electron chi connectivity index (χ1n) is 7.02. The van der Waals surface area contributed by atoms with Crippen LogP contribution in [0.3, 0.4) is 0 Å². The summed E-state index contributed by atoms with van der Waals surface area (Å²) in [4.78, 5) is 15.6. The zero-order valence-electron chi connectivity index (χ0n) is 12.4. The van der Waals surface area contributed by atoms with E-state index in [1.54, 1.807) is 26.2 Å². The molecule has 0 radical (unpaired) electrons. The fraction of sp³-hybridized carbons (Fsp3) is 0.222. The van der Waals surface area contributed by atoms with E-state index in [0.717, 1.165) is 12.0 Å². The van der Waals surface area contributed by atoms with Crippen LogP contribution in [-0.4, -0.2) is 17.6 Å². The van der Waals surface area contributed by atoms with Gasteiger partial charge in [0.05, 0.1) is 6.61 Å². The van der Waals surface area contributed by atoms with Crippen LogP contribution in [0, 0.1) is 0 Å². The molecule has 1 aromatic heterocycles. The predicted molar refractivity (Wildman–Crippen MR) is 83.8 cm³/mol. The number of benzene rings is 1. The van der Waals surface area contributed by atoms with Crippen LogP contribution in [-0.2, 0) is 16.0 Å². The van der Waals surface area contributed by atoms with Gasteiger partial charge in [0.2, 0.25) is 0 Å². The third kappa shape index (κ3) is 4.56. The van der Waals surface area contributed by atoms with E-state index in [-0.39, 0.29) is 5.97 Å². The first-order chi connectivity index (χ1) is 10.2. The monoisotopic (exact) mass is 281 g/mol. The van der Waals surface area contributed by atoms with Gasteiger partial charge in [0.15, 0.2) is 0 Å². The van der Waals surface area contributed by atoms with Crippen molar-refractivity contribution in [3.63, 3.8) is 0 Å². The maximum atomic E-state index is 11.6. The van der Waals surface area contributed by atoms with Crippen LogP contribution in [0.25, 0.3) is 6.08 Å². The Kier molecular flexibility index (Phi) is 5.27. The summed E-state index contributed by atoms with van der Waals surface area (Å²) < 4.78 is 4.99. The largest absolute Gasteiger partial charge is 0.463 e. The molecule has 21 heavy (non-hydrogen) atoms. The summed E-state index contributed by atoms with van der Waals surface area (Å²) in [6, 6.07) is 12.2. The second-order valence-corrected chi connectivity index (χ2v) is 4.83. The lowest BCUT2D eigenvalue weighted by atomic mass is 10.0. The number of carbonyl (C=O) groups excluding carboxylic acids is 1. The van der Waals surface area contributed by atoms with Crippen molar-refractivity contribution in [2.24, 2.45) is 0 Å². The molecular formula is C18H19NO2. The Morgan fingerprint density at radius 3 is 2.67 bits per heavy atom. The van der Waals surface area contributed by atoms with E-state index in [2.05, 4.69) is 17.1 Å². The molecule has 0 atom stereocenters. The molecule has 0 saturated carbocycles. The topological polar surface area (TPSA) is 39.2 Å². The first-order valence-corrected chi connectivity index (χ1v) is 7.02. The van der Waals surface area contributed by atoms with E-state index >= 15 is 0 Å². The van der Waals surface area contributed by atoms with E-state index in [1.165, 1.54) is 11.1 Å². The fourth-order valence-electron chi connectivity index (χ4n) is 2.08. The van der Waals surface area contributed by atoms with E-state index in [9.17, 15) is 4.79 Å². The lowest BCUT2D eigenvalue weighted by molar-refractivity contribution is -0.138. The maximum absolute atomic E-state index is 11.6. The molecule has 0 unspecified atom stereocenters. The van der Waals surface area contributed by atoms with Crippen LogP contribution in [0.15, 0.2) is 54.4 Å². The minimum absolute atomic E-state index is 0.267. The quantitative estimate of drug-likeness (QED) is 0.620. The predicted octanol–water partition coefficient (Wildman–Crippen LogP) is 3.64. The molecule has 2 rings (SSSR count). The van der Waals surface area contributed by atoms with E-state index < -0.39 is 0 Å². The number of pyridine rings is 1. The Morgan fingerprint density at radius 1 is 1.19 bits per heavy atom. The maximum Gasteiger partial charge on any atom is 0.333 e. The third-order valence-electron chi connectivity index (χ3n) is 3.09. The molecule has 0 amide bonds. The molecule has 1 aromatic carbocycles. The Hall–Kier alpha value is -2.42. The Bertz CT molecular complexity index is 633. The van der Waals surface area contributed by atoms with Crippen LogP contribution in [0.4, 0.5) is 0 Å². The van der Waals surface area contributed by atoms with Crippen molar-refractivity contribution in [1.82, 2.24) is 4.98 Å². The molecule has 1 heterocycles. The molecule has 2 aromatic rings. The van der Waals surface area contributed by atoms with Gasteiger partial charge in [-0.15, -0.1) is 0 Å². The molecule has 3 heteroatoms. The lowest BCUT2D eigenvalue weighted by Crippen LogP contribution is -2.04. The Morgan fingerprint density at radius 2 is 1.95 bits per heavy atom. The number of carbonyl (C=O) groups is 1. The second-order valence-electron chi connectivity index (χ2n) is 4.83. The average molecular weight is 281 g/mol. The van der Waals surface area contributed by atoms with Gasteiger partial charge < -0.3 is 4.74 Å². The number of ether oxygens (including phenoxy) is 1. The summed E-state index contributed by atoms with van der Waals surface area (Å²) in [5.74, 6) is -0.267. The van der Waals surface area contributed by atoms with Crippen molar-refractivity contribution >= 4 is 12.0 Å². The molecule has 0 bridgehead atoms. The van der Waals surface area contributed by atoms with E-state index in [4.69, 9.17) is 4.74 Å². The summed E-state index contributed by atoms with van der Waals surface area (Å²) in [5.41, 5.74) is 4.03. The molecule has 0 saturated heterocycles. The molecule has 3 nitrogen and oxygen atoms in total. The van der Waals surface area contributed by atoms with Crippen molar-refractivity contribution < 1.29 is 9.53 Å². The van der Waals surface area contributed by atoms with E-state index in [1.807, 2.05) is 30.3 Å². The van der Waals surface area contributed by atoms with Crippen molar-refractivity contribution in [3.05, 3.63) is 71.1 Å². The second kappa shape index (κ2) is 7.39. The summed E-state index contributed by atoms with van der Waals surface area (Å²) >= 11 is 0. The molecule has 0 spiro atoms. The minimum atomic E-state index is -0.267. The van der Waals surface area contributed by atoms with Crippen molar-refractivity contribution in [2.75, 3.05) is 6.61 Å². The fourth-order valence-corrected chi connectivity index (χ4v) is 2.08. The minimum Gasteiger partial charge on any atom is -0.463 e. The van der Waals surface area contributed by atoms with Gasteiger partial charge in [-0.1, -0.05) is 24.3 Å². The van der Waals surface area contributed by atoms with Crippen LogP contribution in [0.5, 0.6) is 0 Å². The third-order valence-corrected chi connectivity index (χ3v) is 3.09. The Labute approximate surface area is 125 Å². The van der Waals surface area contributed by atoms with Gasteiger partial charge in [0.1, 0.15) is 0 Å². The van der Waals surface area contributed by atoms with Gasteiger partial charge in [0, 0.05) is 18.0 Å². The van der Waals surface area contributed by atoms with Crippen molar-refractivity contribution in [2.45, 2.75) is 20.3 Å². The SMILES string of the molecule is CCOC(=O)C(C)=Cc1cccc(Cc2ccncc2)c1. The van der Waals surface area contributed by atoms with Gasteiger partial charge in [0.25, 0.3) is 0 Å². The van der Waals surface area contributed by atoms with Crippen LogP contribution in [0.1, 0.15) is 30.5 Å². The zero-order chi connectivity index (χ0) is 15.1. The van der Waals surface area contributed by atoms with Gasteiger partial charge >= 0.3 is 5.97 Å². The van der Waals surface area contributed by atoms with Crippen molar-refractivity contribution in [1.29, 1.82) is 0 Å². The number of esters is 1. The number of hydrogen-bond donors (Lipinski definition) is 0. The van der Waals surface area contributed by atoms with Crippen LogP contribution >= 0.6 is 0 Å². The highest BCUT2D eigenvalue weighted by Gasteiger charge is 2.04. The smallest absolute Gasteiger partial charge is 0.333 e. The molecule has 0 fully saturated rings.